The van der Waals surface area contributed by atoms with Gasteiger partial charge in [-0.2, -0.15) is 5.10 Å². The molecule has 8 nitrogen and oxygen atoms in total. The van der Waals surface area contributed by atoms with Crippen LogP contribution in [-0.2, 0) is 27.3 Å². The minimum absolute atomic E-state index is 0.131. The van der Waals surface area contributed by atoms with Gasteiger partial charge in [0, 0.05) is 24.7 Å². The maximum atomic E-state index is 12.8. The second-order valence-corrected chi connectivity index (χ2v) is 7.76. The molecule has 0 saturated carbocycles. The summed E-state index contributed by atoms with van der Waals surface area (Å²) in [7, 11) is 1.71. The number of ether oxygens (including phenoxy) is 2. The number of hydrogen-bond donors (Lipinski definition) is 2. The molecule has 1 unspecified atom stereocenters. The van der Waals surface area contributed by atoms with E-state index in [9.17, 15) is 9.59 Å². The lowest BCUT2D eigenvalue weighted by atomic mass is 9.93. The van der Waals surface area contributed by atoms with Crippen LogP contribution in [0, 0.1) is 0 Å². The van der Waals surface area contributed by atoms with Crippen molar-refractivity contribution < 1.29 is 19.1 Å². The number of likely N-dealkylation sites (N-methyl/N-ethyl adjacent to an activating group) is 1. The third kappa shape index (κ3) is 3.30. The Bertz CT molecular complexity index is 839. The number of carbonyl (C=O) groups excluding carboxylic acids is 2. The van der Waals surface area contributed by atoms with Gasteiger partial charge in [0.1, 0.15) is 12.1 Å². The molecule has 1 fully saturated rings. The summed E-state index contributed by atoms with van der Waals surface area (Å²) in [5.41, 5.74) is 2.43. The van der Waals surface area contributed by atoms with Crippen LogP contribution in [0.4, 0.5) is 0 Å². The smallest absolute Gasteiger partial charge is 0.272 e. The first-order chi connectivity index (χ1) is 12.9. The van der Waals surface area contributed by atoms with E-state index in [1.54, 1.807) is 11.9 Å². The molecule has 0 aromatic carbocycles. The van der Waals surface area contributed by atoms with Crippen LogP contribution in [0.5, 0.6) is 0 Å². The fraction of sp³-hybridized carbons (Fsp3) is 0.526. The van der Waals surface area contributed by atoms with Crippen LogP contribution in [0.25, 0.3) is 0 Å². The number of hydrogen-bond acceptors (Lipinski definition) is 5. The molecule has 1 aliphatic carbocycles. The molecule has 3 aliphatic rings. The summed E-state index contributed by atoms with van der Waals surface area (Å²) in [4.78, 5) is 27.2. The van der Waals surface area contributed by atoms with Crippen molar-refractivity contribution in [2.75, 3.05) is 13.7 Å². The summed E-state index contributed by atoms with van der Waals surface area (Å²) in [5.74, 6) is -0.571. The summed E-state index contributed by atoms with van der Waals surface area (Å²) in [6, 6.07) is -0.755. The molecule has 0 spiro atoms. The van der Waals surface area contributed by atoms with Gasteiger partial charge in [-0.15, -0.1) is 0 Å². The highest BCUT2D eigenvalue weighted by Crippen LogP contribution is 2.29. The van der Waals surface area contributed by atoms with Crippen molar-refractivity contribution in [1.82, 2.24) is 20.4 Å². The van der Waals surface area contributed by atoms with Crippen molar-refractivity contribution in [3.05, 3.63) is 40.9 Å². The molecule has 8 heteroatoms. The number of nitrogens with zero attached hydrogens (tertiary/aromatic N) is 2. The summed E-state index contributed by atoms with van der Waals surface area (Å²) < 4.78 is 11.6. The second kappa shape index (κ2) is 6.61. The number of carbonyl (C=O) groups is 2. The number of aromatic nitrogens is 2. The number of rotatable bonds is 2. The topological polar surface area (TPSA) is 96.6 Å². The third-order valence-corrected chi connectivity index (χ3v) is 5.25. The largest absolute Gasteiger partial charge is 0.369 e. The number of allylic oxidation sites excluding steroid dienone is 2. The summed E-state index contributed by atoms with van der Waals surface area (Å²) >= 11 is 0. The zero-order valence-corrected chi connectivity index (χ0v) is 15.7. The van der Waals surface area contributed by atoms with Gasteiger partial charge in [-0.1, -0.05) is 12.2 Å². The van der Waals surface area contributed by atoms with Crippen molar-refractivity contribution in [3.8, 4) is 0 Å². The number of fused-ring (bicyclic) bond motifs is 2. The number of aromatic amines is 1. The van der Waals surface area contributed by atoms with Gasteiger partial charge in [0.05, 0.1) is 24.5 Å². The van der Waals surface area contributed by atoms with E-state index in [0.717, 1.165) is 17.0 Å². The average molecular weight is 372 g/mol. The fourth-order valence-corrected chi connectivity index (χ4v) is 3.70. The number of H-pyrrole nitrogens is 1. The Morgan fingerprint density at radius 3 is 3.07 bits per heavy atom. The molecular formula is C19H24N4O4. The SMILES string of the molecule is CN1C(=O)[C@@H](NC(=O)c2n[nH]c3c2CC(C)(C)OC3)COC2CC=CC=C21. The summed E-state index contributed by atoms with van der Waals surface area (Å²) in [6.45, 7) is 4.48. The zero-order chi connectivity index (χ0) is 19.2. The van der Waals surface area contributed by atoms with Gasteiger partial charge in [0.15, 0.2) is 5.69 Å². The predicted octanol–water partition coefficient (Wildman–Crippen LogP) is 1.06. The average Bonchev–Trinajstić information content (AvgIpc) is 3.01. The Kier molecular flexibility index (Phi) is 4.39. The first kappa shape index (κ1) is 17.9. The molecule has 0 radical (unpaired) electrons. The van der Waals surface area contributed by atoms with Crippen LogP contribution in [0.3, 0.4) is 0 Å². The molecule has 2 aliphatic heterocycles. The lowest BCUT2D eigenvalue weighted by Crippen LogP contribution is -2.48. The molecule has 4 rings (SSSR count). The molecule has 2 amide bonds. The maximum absolute atomic E-state index is 12.8. The second-order valence-electron chi connectivity index (χ2n) is 7.76. The van der Waals surface area contributed by atoms with Crippen molar-refractivity contribution in [3.63, 3.8) is 0 Å². The first-order valence-electron chi connectivity index (χ1n) is 9.12. The standard InChI is InChI=1S/C19H24N4O4/c1-19(2)8-11-12(10-27-19)21-22-16(11)17(24)20-13-9-26-15-7-5-4-6-14(15)23(3)18(13)25/h4-6,13,15H,7-10H2,1-3H3,(H,20,24)(H,21,22)/t13-,15?/m0/s1. The van der Waals surface area contributed by atoms with Gasteiger partial charge in [-0.3, -0.25) is 14.7 Å². The molecule has 1 aromatic rings. The van der Waals surface area contributed by atoms with Crippen LogP contribution >= 0.6 is 0 Å². The van der Waals surface area contributed by atoms with Crippen LogP contribution in [0.2, 0.25) is 0 Å². The lowest BCUT2D eigenvalue weighted by molar-refractivity contribution is -0.129. The summed E-state index contributed by atoms with van der Waals surface area (Å²) in [6.07, 6.45) is 6.93. The van der Waals surface area contributed by atoms with E-state index in [1.165, 1.54) is 0 Å². The molecule has 2 atom stereocenters. The van der Waals surface area contributed by atoms with Gasteiger partial charge in [-0.05, 0) is 26.3 Å². The monoisotopic (exact) mass is 372 g/mol. The van der Waals surface area contributed by atoms with Gasteiger partial charge in [0.25, 0.3) is 11.8 Å². The van der Waals surface area contributed by atoms with E-state index in [0.29, 0.717) is 25.1 Å². The Morgan fingerprint density at radius 2 is 2.26 bits per heavy atom. The van der Waals surface area contributed by atoms with E-state index in [-0.39, 0.29) is 30.1 Å². The van der Waals surface area contributed by atoms with Crippen LogP contribution in [-0.4, -0.2) is 58.3 Å². The molecule has 2 N–H and O–H groups in total. The molecule has 1 saturated heterocycles. The Hall–Kier alpha value is -2.45. The van der Waals surface area contributed by atoms with Crippen molar-refractivity contribution in [2.24, 2.45) is 0 Å². The highest BCUT2D eigenvalue weighted by molar-refractivity contribution is 5.97. The normalized spacial score (nSPS) is 26.7. The van der Waals surface area contributed by atoms with E-state index in [2.05, 4.69) is 15.5 Å². The van der Waals surface area contributed by atoms with Crippen molar-refractivity contribution in [1.29, 1.82) is 0 Å². The quantitative estimate of drug-likeness (QED) is 0.809. The molecular weight excluding hydrogens is 348 g/mol. The fourth-order valence-electron chi connectivity index (χ4n) is 3.70. The zero-order valence-electron chi connectivity index (χ0n) is 15.7. The minimum atomic E-state index is -0.755. The number of amides is 2. The summed E-state index contributed by atoms with van der Waals surface area (Å²) in [5, 5.41) is 9.84. The Morgan fingerprint density at radius 1 is 1.44 bits per heavy atom. The lowest BCUT2D eigenvalue weighted by Gasteiger charge is -2.30. The van der Waals surface area contributed by atoms with Gasteiger partial charge in [0.2, 0.25) is 0 Å². The van der Waals surface area contributed by atoms with Crippen LogP contribution in [0.15, 0.2) is 23.9 Å². The predicted molar refractivity (Wildman–Crippen MR) is 96.8 cm³/mol. The van der Waals surface area contributed by atoms with Gasteiger partial charge < -0.3 is 19.7 Å². The molecule has 0 bridgehead atoms. The van der Waals surface area contributed by atoms with Crippen molar-refractivity contribution >= 4 is 11.8 Å². The highest BCUT2D eigenvalue weighted by atomic mass is 16.5. The highest BCUT2D eigenvalue weighted by Gasteiger charge is 2.36. The van der Waals surface area contributed by atoms with Gasteiger partial charge >= 0.3 is 0 Å². The van der Waals surface area contributed by atoms with E-state index >= 15 is 0 Å². The Labute approximate surface area is 157 Å². The maximum Gasteiger partial charge on any atom is 0.272 e. The Balaban J connectivity index is 1.52. The molecule has 144 valence electrons. The van der Waals surface area contributed by atoms with Crippen molar-refractivity contribution in [2.45, 2.75) is 51.0 Å². The third-order valence-electron chi connectivity index (χ3n) is 5.25. The van der Waals surface area contributed by atoms with E-state index in [1.807, 2.05) is 32.1 Å². The molecule has 3 heterocycles. The molecule has 1 aromatic heterocycles. The van der Waals surface area contributed by atoms with Gasteiger partial charge in [-0.25, -0.2) is 0 Å². The number of nitrogens with one attached hydrogen (secondary N) is 2. The van der Waals surface area contributed by atoms with E-state index in [4.69, 9.17) is 9.47 Å². The van der Waals surface area contributed by atoms with Crippen LogP contribution in [0.1, 0.15) is 42.0 Å². The van der Waals surface area contributed by atoms with Crippen LogP contribution < -0.4 is 5.32 Å². The minimum Gasteiger partial charge on any atom is -0.369 e. The molecule has 27 heavy (non-hydrogen) atoms. The first-order valence-corrected chi connectivity index (χ1v) is 9.12. The van der Waals surface area contributed by atoms with E-state index < -0.39 is 6.04 Å².